The number of hydrogen-bond donors (Lipinski definition) is 1. The van der Waals surface area contributed by atoms with Gasteiger partial charge >= 0.3 is 0 Å². The Morgan fingerprint density at radius 1 is 1.17 bits per heavy atom. The van der Waals surface area contributed by atoms with Gasteiger partial charge in [-0.15, -0.1) is 0 Å². The van der Waals surface area contributed by atoms with Crippen molar-refractivity contribution in [1.29, 1.82) is 0 Å². The number of aromatic nitrogens is 1. The molecule has 0 spiro atoms. The van der Waals surface area contributed by atoms with Gasteiger partial charge in [-0.25, -0.2) is 0 Å². The van der Waals surface area contributed by atoms with Gasteiger partial charge in [0.05, 0.1) is 0 Å². The van der Waals surface area contributed by atoms with E-state index in [1.165, 1.54) is 16.6 Å². The Hall–Kier alpha value is -1.32. The molecule has 0 aliphatic rings. The highest BCUT2D eigenvalue weighted by Crippen LogP contribution is 2.18. The zero-order valence-electron chi connectivity index (χ0n) is 11.6. The number of fused-ring (bicyclic) bond motifs is 1. The number of likely N-dealkylation sites (N-methyl/N-ethyl adjacent to an activating group) is 1. The van der Waals surface area contributed by atoms with Gasteiger partial charge in [0, 0.05) is 37.4 Å². The lowest BCUT2D eigenvalue weighted by Crippen LogP contribution is -2.29. The first-order valence-electron chi connectivity index (χ1n) is 6.59. The molecule has 2 rings (SSSR count). The second-order valence-corrected chi connectivity index (χ2v) is 5.05. The van der Waals surface area contributed by atoms with Crippen molar-refractivity contribution < 1.29 is 0 Å². The third-order valence-electron chi connectivity index (χ3n) is 3.27. The van der Waals surface area contributed by atoms with Crippen LogP contribution in [0.15, 0.2) is 30.3 Å². The van der Waals surface area contributed by atoms with E-state index >= 15 is 0 Å². The highest BCUT2D eigenvalue weighted by atomic mass is 15.1. The number of para-hydroxylation sites is 1. The van der Waals surface area contributed by atoms with E-state index in [1.54, 1.807) is 0 Å². The van der Waals surface area contributed by atoms with Crippen LogP contribution in [0.25, 0.3) is 10.9 Å². The van der Waals surface area contributed by atoms with Crippen molar-refractivity contribution in [2.75, 3.05) is 33.7 Å². The van der Waals surface area contributed by atoms with Crippen molar-refractivity contribution in [1.82, 2.24) is 14.8 Å². The summed E-state index contributed by atoms with van der Waals surface area (Å²) in [4.78, 5) is 2.20. The predicted octanol–water partition coefficient (Wildman–Crippen LogP) is 2.10. The van der Waals surface area contributed by atoms with Gasteiger partial charge in [0.1, 0.15) is 0 Å². The lowest BCUT2D eigenvalue weighted by molar-refractivity contribution is 0.398. The van der Waals surface area contributed by atoms with Crippen LogP contribution < -0.4 is 5.32 Å². The number of aryl methyl sites for hydroxylation is 1. The molecule has 3 heteroatoms. The van der Waals surface area contributed by atoms with Crippen LogP contribution in [-0.2, 0) is 6.54 Å². The van der Waals surface area contributed by atoms with E-state index in [4.69, 9.17) is 0 Å². The Morgan fingerprint density at radius 2 is 1.94 bits per heavy atom. The lowest BCUT2D eigenvalue weighted by atomic mass is 10.2. The molecule has 0 aliphatic heterocycles. The fourth-order valence-electron chi connectivity index (χ4n) is 2.26. The zero-order valence-corrected chi connectivity index (χ0v) is 11.6. The number of nitrogens with zero attached hydrogens (tertiary/aromatic N) is 2. The van der Waals surface area contributed by atoms with Crippen LogP contribution in [0.5, 0.6) is 0 Å². The molecule has 98 valence electrons. The molecule has 0 fully saturated rings. The number of benzene rings is 1. The molecular formula is C15H23N3. The molecule has 0 saturated carbocycles. The van der Waals surface area contributed by atoms with Crippen molar-refractivity contribution in [3.8, 4) is 0 Å². The van der Waals surface area contributed by atoms with Gasteiger partial charge in [0.15, 0.2) is 0 Å². The molecule has 0 radical (unpaired) electrons. The number of hydrogen-bond acceptors (Lipinski definition) is 2. The lowest BCUT2D eigenvalue weighted by Gasteiger charge is -2.12. The van der Waals surface area contributed by atoms with Crippen molar-refractivity contribution in [2.24, 2.45) is 0 Å². The largest absolute Gasteiger partial charge is 0.344 e. The summed E-state index contributed by atoms with van der Waals surface area (Å²) < 4.78 is 2.39. The Kier molecular flexibility index (Phi) is 4.39. The molecule has 1 aromatic heterocycles. The fraction of sp³-hybridized carbons (Fsp3) is 0.467. The third kappa shape index (κ3) is 3.12. The quantitative estimate of drug-likeness (QED) is 0.787. The second-order valence-electron chi connectivity index (χ2n) is 5.05. The van der Waals surface area contributed by atoms with Crippen molar-refractivity contribution in [3.63, 3.8) is 0 Å². The molecule has 3 nitrogen and oxygen atoms in total. The smallest absolute Gasteiger partial charge is 0.0482 e. The van der Waals surface area contributed by atoms with E-state index in [2.05, 4.69) is 66.1 Å². The molecule has 0 saturated heterocycles. The summed E-state index contributed by atoms with van der Waals surface area (Å²) in [5.74, 6) is 0. The van der Waals surface area contributed by atoms with Gasteiger partial charge in [0.25, 0.3) is 0 Å². The summed E-state index contributed by atoms with van der Waals surface area (Å²) in [5, 5.41) is 4.82. The molecule has 0 atom stereocenters. The molecule has 0 aliphatic carbocycles. The first-order valence-corrected chi connectivity index (χ1v) is 6.59. The predicted molar refractivity (Wildman–Crippen MR) is 78.1 cm³/mol. The highest BCUT2D eigenvalue weighted by Gasteiger charge is 2.03. The summed E-state index contributed by atoms with van der Waals surface area (Å²) in [5.41, 5.74) is 2.68. The molecule has 0 amide bonds. The maximum absolute atomic E-state index is 3.48. The van der Waals surface area contributed by atoms with Crippen molar-refractivity contribution in [3.05, 3.63) is 36.0 Å². The molecule has 2 aromatic rings. The van der Waals surface area contributed by atoms with Gasteiger partial charge in [-0.2, -0.15) is 0 Å². The topological polar surface area (TPSA) is 20.2 Å². The highest BCUT2D eigenvalue weighted by molar-refractivity contribution is 5.81. The molecule has 1 N–H and O–H groups in total. The standard InChI is InChI=1S/C15H23N3/c1-13-12-14-6-4-5-7-15(14)18(13)11-9-16-8-10-17(2)3/h4-7,12,16H,8-11H2,1-3H3. The van der Waals surface area contributed by atoms with Crippen LogP contribution in [0, 0.1) is 6.92 Å². The molecule has 1 aromatic carbocycles. The second kappa shape index (κ2) is 6.03. The van der Waals surface area contributed by atoms with Gasteiger partial charge in [-0.05, 0) is 38.5 Å². The molecule has 0 bridgehead atoms. The van der Waals surface area contributed by atoms with E-state index in [1.807, 2.05) is 0 Å². The van der Waals surface area contributed by atoms with E-state index in [0.29, 0.717) is 0 Å². The summed E-state index contributed by atoms with van der Waals surface area (Å²) in [6.07, 6.45) is 0. The van der Waals surface area contributed by atoms with E-state index in [9.17, 15) is 0 Å². The molecular weight excluding hydrogens is 222 g/mol. The minimum atomic E-state index is 1.02. The minimum Gasteiger partial charge on any atom is -0.344 e. The normalized spacial score (nSPS) is 11.6. The monoisotopic (exact) mass is 245 g/mol. The average Bonchev–Trinajstić information content (AvgIpc) is 2.65. The third-order valence-corrected chi connectivity index (χ3v) is 3.27. The molecule has 1 heterocycles. The van der Waals surface area contributed by atoms with Crippen LogP contribution in [0.3, 0.4) is 0 Å². The summed E-state index contributed by atoms with van der Waals surface area (Å²) in [7, 11) is 4.20. The Labute approximate surface area is 109 Å². The van der Waals surface area contributed by atoms with Crippen LogP contribution >= 0.6 is 0 Å². The average molecular weight is 245 g/mol. The first kappa shape index (κ1) is 13.1. The summed E-state index contributed by atoms with van der Waals surface area (Å²) in [6, 6.07) is 10.8. The van der Waals surface area contributed by atoms with Crippen LogP contribution in [0.1, 0.15) is 5.69 Å². The van der Waals surface area contributed by atoms with E-state index < -0.39 is 0 Å². The zero-order chi connectivity index (χ0) is 13.0. The Bertz CT molecular complexity index is 499. The number of rotatable bonds is 6. The molecule has 0 unspecified atom stereocenters. The minimum absolute atomic E-state index is 1.02. The van der Waals surface area contributed by atoms with E-state index in [-0.39, 0.29) is 0 Å². The maximum atomic E-state index is 3.48. The van der Waals surface area contributed by atoms with E-state index in [0.717, 1.165) is 26.2 Å². The van der Waals surface area contributed by atoms with Crippen LogP contribution in [0.2, 0.25) is 0 Å². The maximum Gasteiger partial charge on any atom is 0.0482 e. The fourth-order valence-corrected chi connectivity index (χ4v) is 2.26. The van der Waals surface area contributed by atoms with Gasteiger partial charge < -0.3 is 14.8 Å². The SMILES string of the molecule is Cc1cc2ccccc2n1CCNCCN(C)C. The number of nitrogens with one attached hydrogen (secondary N) is 1. The van der Waals surface area contributed by atoms with Crippen LogP contribution in [0.4, 0.5) is 0 Å². The van der Waals surface area contributed by atoms with Crippen molar-refractivity contribution >= 4 is 10.9 Å². The van der Waals surface area contributed by atoms with Gasteiger partial charge in [-0.1, -0.05) is 18.2 Å². The summed E-state index contributed by atoms with van der Waals surface area (Å²) in [6.45, 7) is 6.37. The van der Waals surface area contributed by atoms with Gasteiger partial charge in [0.2, 0.25) is 0 Å². The van der Waals surface area contributed by atoms with Crippen LogP contribution in [-0.4, -0.2) is 43.2 Å². The van der Waals surface area contributed by atoms with Crippen molar-refractivity contribution in [2.45, 2.75) is 13.5 Å². The molecule has 18 heavy (non-hydrogen) atoms. The Balaban J connectivity index is 1.93. The summed E-state index contributed by atoms with van der Waals surface area (Å²) >= 11 is 0. The Morgan fingerprint density at radius 3 is 2.72 bits per heavy atom. The first-order chi connectivity index (χ1) is 8.68. The van der Waals surface area contributed by atoms with Gasteiger partial charge in [-0.3, -0.25) is 0 Å².